The first kappa shape index (κ1) is 30.6. The van der Waals surface area contributed by atoms with Crippen molar-refractivity contribution in [3.8, 4) is 0 Å². The number of rotatable bonds is 4. The summed E-state index contributed by atoms with van der Waals surface area (Å²) >= 11 is 12.7. The molecule has 39 heavy (non-hydrogen) atoms. The minimum Gasteiger partial charge on any atom is -0.394 e. The van der Waals surface area contributed by atoms with Gasteiger partial charge < -0.3 is 36.4 Å². The summed E-state index contributed by atoms with van der Waals surface area (Å²) in [5.74, 6) is -3.75. The van der Waals surface area contributed by atoms with Crippen LogP contribution in [0, 0.1) is 0 Å². The number of hydrogen-bond donors (Lipinski definition) is 6. The number of carbonyl (C=O) groups excluding carboxylic acids is 5. The Labute approximate surface area is 235 Å². The molecule has 0 radical (unpaired) electrons. The molecule has 0 spiro atoms. The zero-order valence-electron chi connectivity index (χ0n) is 21.5. The van der Waals surface area contributed by atoms with E-state index in [1.807, 2.05) is 0 Å². The Morgan fingerprint density at radius 1 is 0.949 bits per heavy atom. The smallest absolute Gasteiger partial charge is 0.248 e. The SMILES string of the molecule is CCC1NC(=O)C2C(Cl)C(Cl)CN2C(=O)C(C(C)O)NC(=O)CC(c2ccccc2)NC(=O)C(CO)NC1=O. The van der Waals surface area contributed by atoms with Crippen LogP contribution >= 0.6 is 23.2 Å². The van der Waals surface area contributed by atoms with E-state index in [1.54, 1.807) is 37.3 Å². The molecule has 2 heterocycles. The first-order chi connectivity index (χ1) is 18.5. The van der Waals surface area contributed by atoms with Crippen LogP contribution < -0.4 is 21.3 Å². The number of amides is 5. The van der Waals surface area contributed by atoms with Crippen molar-refractivity contribution < 1.29 is 34.2 Å². The molecule has 0 saturated carbocycles. The number of alkyl halides is 2. The van der Waals surface area contributed by atoms with E-state index in [9.17, 15) is 34.2 Å². The number of fused-ring (bicyclic) bond motifs is 1. The van der Waals surface area contributed by atoms with Gasteiger partial charge in [-0.2, -0.15) is 0 Å². The zero-order chi connectivity index (χ0) is 28.9. The average Bonchev–Trinajstić information content (AvgIpc) is 3.21. The number of carbonyl (C=O) groups is 5. The van der Waals surface area contributed by atoms with Crippen molar-refractivity contribution in [2.24, 2.45) is 0 Å². The summed E-state index contributed by atoms with van der Waals surface area (Å²) in [5.41, 5.74) is 0.554. The monoisotopic (exact) mass is 585 g/mol. The molecular formula is C25H33Cl2N5O7. The molecule has 214 valence electrons. The van der Waals surface area contributed by atoms with E-state index in [4.69, 9.17) is 23.2 Å². The lowest BCUT2D eigenvalue weighted by molar-refractivity contribution is -0.144. The number of nitrogens with zero attached hydrogens (tertiary/aromatic N) is 1. The Balaban J connectivity index is 2.03. The van der Waals surface area contributed by atoms with Crippen molar-refractivity contribution in [1.29, 1.82) is 0 Å². The van der Waals surface area contributed by atoms with Crippen LogP contribution in [0.3, 0.4) is 0 Å². The van der Waals surface area contributed by atoms with Gasteiger partial charge in [0.05, 0.1) is 35.9 Å². The molecule has 5 amide bonds. The van der Waals surface area contributed by atoms with Crippen LogP contribution in [-0.4, -0.2) is 98.8 Å². The van der Waals surface area contributed by atoms with Gasteiger partial charge in [-0.3, -0.25) is 24.0 Å². The summed E-state index contributed by atoms with van der Waals surface area (Å²) in [7, 11) is 0. The predicted octanol–water partition coefficient (Wildman–Crippen LogP) is -1.09. The highest BCUT2D eigenvalue weighted by Crippen LogP contribution is 2.29. The van der Waals surface area contributed by atoms with Crippen molar-refractivity contribution >= 4 is 52.7 Å². The van der Waals surface area contributed by atoms with E-state index in [-0.39, 0.29) is 19.4 Å². The Morgan fingerprint density at radius 2 is 1.56 bits per heavy atom. The standard InChI is InChI=1S/C25H33Cl2N5O7/c1-3-15-22(36)30-17(11-33)23(37)29-16(13-7-5-4-6-8-13)9-18(35)31-20(12(2)34)25(39)32-10-14(26)19(27)21(32)24(38)28-15/h4-8,12,14-17,19-21,33-34H,3,9-11H2,1-2H3,(H,28,38)(H,29,37)(H,30,36)(H,31,35). The average molecular weight is 586 g/mol. The second kappa shape index (κ2) is 13.4. The van der Waals surface area contributed by atoms with Gasteiger partial charge >= 0.3 is 0 Å². The molecule has 2 fully saturated rings. The van der Waals surface area contributed by atoms with Gasteiger partial charge in [0.25, 0.3) is 0 Å². The minimum absolute atomic E-state index is 0.119. The molecule has 1 aromatic rings. The Kier molecular flexibility index (Phi) is 10.5. The van der Waals surface area contributed by atoms with E-state index in [0.29, 0.717) is 5.56 Å². The fourth-order valence-electron chi connectivity index (χ4n) is 4.56. The third kappa shape index (κ3) is 7.18. The highest BCUT2D eigenvalue weighted by molar-refractivity contribution is 6.32. The van der Waals surface area contributed by atoms with E-state index >= 15 is 0 Å². The van der Waals surface area contributed by atoms with Crippen molar-refractivity contribution in [3.05, 3.63) is 35.9 Å². The van der Waals surface area contributed by atoms with E-state index in [1.165, 1.54) is 6.92 Å². The number of hydrogen-bond acceptors (Lipinski definition) is 7. The van der Waals surface area contributed by atoms with Crippen molar-refractivity contribution in [3.63, 3.8) is 0 Å². The van der Waals surface area contributed by atoms with Crippen molar-refractivity contribution in [2.75, 3.05) is 13.2 Å². The summed E-state index contributed by atoms with van der Waals surface area (Å²) in [6.07, 6.45) is -1.57. The molecule has 14 heteroatoms. The zero-order valence-corrected chi connectivity index (χ0v) is 23.0. The number of aliphatic hydroxyl groups is 2. The molecule has 1 aromatic carbocycles. The maximum absolute atomic E-state index is 13.5. The van der Waals surface area contributed by atoms with Crippen LogP contribution in [0.15, 0.2) is 30.3 Å². The number of benzene rings is 1. The molecule has 8 unspecified atom stereocenters. The maximum atomic E-state index is 13.5. The fraction of sp³-hybridized carbons (Fsp3) is 0.560. The Bertz CT molecular complexity index is 1080. The first-order valence-corrected chi connectivity index (χ1v) is 13.5. The third-order valence-corrected chi connectivity index (χ3v) is 7.82. The third-order valence-electron chi connectivity index (χ3n) is 6.74. The Morgan fingerprint density at radius 3 is 2.15 bits per heavy atom. The molecule has 2 saturated heterocycles. The van der Waals surface area contributed by atoms with E-state index in [2.05, 4.69) is 21.3 Å². The first-order valence-electron chi connectivity index (χ1n) is 12.6. The van der Waals surface area contributed by atoms with Gasteiger partial charge in [-0.15, -0.1) is 23.2 Å². The van der Waals surface area contributed by atoms with Gasteiger partial charge in [-0.1, -0.05) is 37.3 Å². The van der Waals surface area contributed by atoms with Crippen LogP contribution in [0.1, 0.15) is 38.3 Å². The second-order valence-corrected chi connectivity index (χ2v) is 10.6. The molecular weight excluding hydrogens is 553 g/mol. The minimum atomic E-state index is -1.45. The lowest BCUT2D eigenvalue weighted by Crippen LogP contribution is -2.61. The summed E-state index contributed by atoms with van der Waals surface area (Å²) in [6, 6.07) is 2.37. The van der Waals surface area contributed by atoms with Crippen molar-refractivity contribution in [2.45, 2.75) is 73.8 Å². The van der Waals surface area contributed by atoms with Gasteiger partial charge in [0.1, 0.15) is 24.2 Å². The summed E-state index contributed by atoms with van der Waals surface area (Å²) in [6.45, 7) is 2.05. The molecule has 2 aliphatic rings. The summed E-state index contributed by atoms with van der Waals surface area (Å²) in [4.78, 5) is 67.0. The highest BCUT2D eigenvalue weighted by atomic mass is 35.5. The predicted molar refractivity (Wildman–Crippen MR) is 142 cm³/mol. The molecule has 6 N–H and O–H groups in total. The molecule has 0 aliphatic carbocycles. The lowest BCUT2D eigenvalue weighted by Gasteiger charge is -2.32. The normalized spacial score (nSPS) is 32.0. The van der Waals surface area contributed by atoms with E-state index in [0.717, 1.165) is 4.90 Å². The summed E-state index contributed by atoms with van der Waals surface area (Å²) in [5, 5.41) is 28.5. The van der Waals surface area contributed by atoms with Gasteiger partial charge in [-0.25, -0.2) is 0 Å². The maximum Gasteiger partial charge on any atom is 0.248 e. The summed E-state index contributed by atoms with van der Waals surface area (Å²) < 4.78 is 0. The topological polar surface area (TPSA) is 177 Å². The molecule has 12 nitrogen and oxygen atoms in total. The largest absolute Gasteiger partial charge is 0.394 e. The molecule has 3 rings (SSSR count). The van der Waals surface area contributed by atoms with Gasteiger partial charge in [-0.05, 0) is 18.9 Å². The van der Waals surface area contributed by atoms with Gasteiger partial charge in [0.15, 0.2) is 0 Å². The Hall–Kier alpha value is -2.93. The van der Waals surface area contributed by atoms with Crippen LogP contribution in [-0.2, 0) is 24.0 Å². The number of aliphatic hydroxyl groups excluding tert-OH is 2. The molecule has 0 bridgehead atoms. The molecule has 0 aromatic heterocycles. The van der Waals surface area contributed by atoms with Crippen LogP contribution in [0.25, 0.3) is 0 Å². The molecule has 8 atom stereocenters. The van der Waals surface area contributed by atoms with E-state index < -0.39 is 83.2 Å². The van der Waals surface area contributed by atoms with Gasteiger partial charge in [0.2, 0.25) is 29.5 Å². The molecule has 2 aliphatic heterocycles. The quantitative estimate of drug-likeness (QED) is 0.243. The lowest BCUT2D eigenvalue weighted by atomic mass is 10.0. The second-order valence-electron chi connectivity index (χ2n) is 9.57. The highest BCUT2D eigenvalue weighted by Gasteiger charge is 2.49. The van der Waals surface area contributed by atoms with Crippen molar-refractivity contribution in [1.82, 2.24) is 26.2 Å². The van der Waals surface area contributed by atoms with Crippen LogP contribution in [0.4, 0.5) is 0 Å². The fourth-order valence-corrected chi connectivity index (χ4v) is 5.17. The number of nitrogens with one attached hydrogen (secondary N) is 4. The van der Waals surface area contributed by atoms with Gasteiger partial charge in [0, 0.05) is 6.54 Å². The van der Waals surface area contributed by atoms with Crippen LogP contribution in [0.2, 0.25) is 0 Å². The number of halogens is 2. The van der Waals surface area contributed by atoms with Crippen LogP contribution in [0.5, 0.6) is 0 Å².